The van der Waals surface area contributed by atoms with Crippen LogP contribution in [0.4, 0.5) is 10.1 Å². The van der Waals surface area contributed by atoms with Gasteiger partial charge in [0, 0.05) is 18.8 Å². The number of benzene rings is 1. The smallest absolute Gasteiger partial charge is 0.281 e. The summed E-state index contributed by atoms with van der Waals surface area (Å²) in [4.78, 5) is 3.95. The Morgan fingerprint density at radius 2 is 2.15 bits per heavy atom. The van der Waals surface area contributed by atoms with Crippen LogP contribution in [0.3, 0.4) is 0 Å². The summed E-state index contributed by atoms with van der Waals surface area (Å²) < 4.78 is 41.0. The molecule has 0 atom stereocenters. The highest BCUT2D eigenvalue weighted by molar-refractivity contribution is 7.92. The second-order valence-corrected chi connectivity index (χ2v) is 5.81. The lowest BCUT2D eigenvalue weighted by atomic mass is 10.3. The SMILES string of the molecule is CCn1cc(S(=O)(=O)Nc2ccc(F)cc2O)nc1C. The molecule has 6 nitrogen and oxygen atoms in total. The lowest BCUT2D eigenvalue weighted by Crippen LogP contribution is -2.13. The molecule has 0 amide bonds. The predicted octanol–water partition coefficient (Wildman–Crippen LogP) is 1.86. The van der Waals surface area contributed by atoms with Crippen LogP contribution in [0, 0.1) is 12.7 Å². The number of rotatable bonds is 4. The van der Waals surface area contributed by atoms with E-state index in [1.807, 2.05) is 6.92 Å². The van der Waals surface area contributed by atoms with E-state index in [0.29, 0.717) is 12.4 Å². The zero-order valence-corrected chi connectivity index (χ0v) is 11.8. The lowest BCUT2D eigenvalue weighted by Gasteiger charge is -2.07. The Kier molecular flexibility index (Phi) is 3.67. The Labute approximate surface area is 115 Å². The van der Waals surface area contributed by atoms with Gasteiger partial charge in [-0.2, -0.15) is 8.42 Å². The van der Waals surface area contributed by atoms with Gasteiger partial charge in [-0.05, 0) is 26.0 Å². The largest absolute Gasteiger partial charge is 0.506 e. The van der Waals surface area contributed by atoms with Crippen LogP contribution < -0.4 is 4.72 Å². The minimum atomic E-state index is -3.92. The van der Waals surface area contributed by atoms with Gasteiger partial charge < -0.3 is 9.67 Å². The van der Waals surface area contributed by atoms with E-state index in [4.69, 9.17) is 0 Å². The van der Waals surface area contributed by atoms with Crippen molar-refractivity contribution in [2.45, 2.75) is 25.4 Å². The molecular weight excluding hydrogens is 285 g/mol. The average molecular weight is 299 g/mol. The number of phenolic OH excluding ortho intramolecular Hbond substituents is 1. The third kappa shape index (κ3) is 2.74. The molecule has 2 N–H and O–H groups in total. The van der Waals surface area contributed by atoms with Gasteiger partial charge in [0.2, 0.25) is 0 Å². The van der Waals surface area contributed by atoms with E-state index >= 15 is 0 Å². The van der Waals surface area contributed by atoms with E-state index in [1.165, 1.54) is 6.20 Å². The number of aromatic nitrogens is 2. The first-order valence-corrected chi connectivity index (χ1v) is 7.37. The molecule has 8 heteroatoms. The Hall–Kier alpha value is -2.09. The van der Waals surface area contributed by atoms with Crippen LogP contribution in [0.2, 0.25) is 0 Å². The van der Waals surface area contributed by atoms with E-state index in [9.17, 15) is 17.9 Å². The number of nitrogens with zero attached hydrogens (tertiary/aromatic N) is 2. The molecule has 1 aromatic heterocycles. The second kappa shape index (κ2) is 5.12. The quantitative estimate of drug-likeness (QED) is 0.844. The fourth-order valence-corrected chi connectivity index (χ4v) is 2.80. The molecule has 1 heterocycles. The van der Waals surface area contributed by atoms with Gasteiger partial charge >= 0.3 is 0 Å². The number of hydrogen-bond donors (Lipinski definition) is 2. The summed E-state index contributed by atoms with van der Waals surface area (Å²) in [7, 11) is -3.92. The van der Waals surface area contributed by atoms with Crippen LogP contribution in [0.5, 0.6) is 5.75 Å². The van der Waals surface area contributed by atoms with E-state index in [2.05, 4.69) is 9.71 Å². The first kappa shape index (κ1) is 14.3. The van der Waals surface area contributed by atoms with E-state index < -0.39 is 21.6 Å². The van der Waals surface area contributed by atoms with Crippen LogP contribution in [0.25, 0.3) is 0 Å². The van der Waals surface area contributed by atoms with Gasteiger partial charge in [-0.15, -0.1) is 0 Å². The number of aryl methyl sites for hydroxylation is 2. The number of phenols is 1. The summed E-state index contributed by atoms with van der Waals surface area (Å²) in [6, 6.07) is 3.02. The summed E-state index contributed by atoms with van der Waals surface area (Å²) in [5.41, 5.74) is -0.102. The highest BCUT2D eigenvalue weighted by Gasteiger charge is 2.20. The van der Waals surface area contributed by atoms with Crippen molar-refractivity contribution in [1.82, 2.24) is 9.55 Å². The molecule has 1 aromatic carbocycles. The van der Waals surface area contributed by atoms with Crippen LogP contribution in [-0.4, -0.2) is 23.1 Å². The maximum atomic E-state index is 12.9. The zero-order valence-electron chi connectivity index (χ0n) is 11.0. The van der Waals surface area contributed by atoms with E-state index in [0.717, 1.165) is 18.2 Å². The van der Waals surface area contributed by atoms with Crippen molar-refractivity contribution < 1.29 is 17.9 Å². The average Bonchev–Trinajstić information content (AvgIpc) is 2.75. The van der Waals surface area contributed by atoms with Crippen molar-refractivity contribution in [3.63, 3.8) is 0 Å². The topological polar surface area (TPSA) is 84.2 Å². The molecule has 2 rings (SSSR count). The monoisotopic (exact) mass is 299 g/mol. The fraction of sp³-hybridized carbons (Fsp3) is 0.250. The van der Waals surface area contributed by atoms with Gasteiger partial charge in [-0.3, -0.25) is 4.72 Å². The Bertz CT molecular complexity index is 740. The highest BCUT2D eigenvalue weighted by atomic mass is 32.2. The van der Waals surface area contributed by atoms with Crippen molar-refractivity contribution in [2.24, 2.45) is 0 Å². The van der Waals surface area contributed by atoms with Gasteiger partial charge in [-0.1, -0.05) is 0 Å². The molecule has 0 radical (unpaired) electrons. The standard InChI is InChI=1S/C12H14FN3O3S/c1-3-16-7-12(14-8(16)2)20(18,19)15-10-5-4-9(13)6-11(10)17/h4-7,15,17H,3H2,1-2H3. The van der Waals surface area contributed by atoms with E-state index in [-0.39, 0.29) is 10.7 Å². The lowest BCUT2D eigenvalue weighted by molar-refractivity contribution is 0.471. The minimum absolute atomic E-state index is 0.102. The van der Waals surface area contributed by atoms with Gasteiger partial charge in [0.1, 0.15) is 17.4 Å². The summed E-state index contributed by atoms with van der Waals surface area (Å²) in [5, 5.41) is 9.36. The molecule has 0 bridgehead atoms. The van der Waals surface area contributed by atoms with Crippen LogP contribution in [0.15, 0.2) is 29.4 Å². The molecule has 0 spiro atoms. The Morgan fingerprint density at radius 3 is 2.70 bits per heavy atom. The third-order valence-electron chi connectivity index (χ3n) is 2.77. The molecule has 20 heavy (non-hydrogen) atoms. The van der Waals surface area contributed by atoms with Crippen molar-refractivity contribution in [3.05, 3.63) is 36.0 Å². The molecule has 0 unspecified atom stereocenters. The zero-order chi connectivity index (χ0) is 14.9. The minimum Gasteiger partial charge on any atom is -0.506 e. The first-order chi connectivity index (χ1) is 9.33. The first-order valence-electron chi connectivity index (χ1n) is 5.88. The van der Waals surface area contributed by atoms with Crippen LogP contribution >= 0.6 is 0 Å². The maximum Gasteiger partial charge on any atom is 0.281 e. The molecule has 0 aliphatic heterocycles. The number of halogens is 1. The molecule has 0 aliphatic rings. The Morgan fingerprint density at radius 1 is 1.45 bits per heavy atom. The molecular formula is C12H14FN3O3S. The van der Waals surface area contributed by atoms with Crippen molar-refractivity contribution >= 4 is 15.7 Å². The molecule has 0 aliphatic carbocycles. The molecule has 108 valence electrons. The van der Waals surface area contributed by atoms with E-state index in [1.54, 1.807) is 11.5 Å². The van der Waals surface area contributed by atoms with Crippen LogP contribution in [-0.2, 0) is 16.6 Å². The summed E-state index contributed by atoms with van der Waals surface area (Å²) in [6.45, 7) is 4.15. The van der Waals surface area contributed by atoms with Crippen molar-refractivity contribution in [2.75, 3.05) is 4.72 Å². The number of aromatic hydroxyl groups is 1. The molecule has 2 aromatic rings. The van der Waals surface area contributed by atoms with Crippen molar-refractivity contribution in [3.8, 4) is 5.75 Å². The Balaban J connectivity index is 2.35. The van der Waals surface area contributed by atoms with Gasteiger partial charge in [0.15, 0.2) is 5.03 Å². The third-order valence-corrected chi connectivity index (χ3v) is 4.01. The normalized spacial score (nSPS) is 11.6. The number of sulfonamides is 1. The fourth-order valence-electron chi connectivity index (χ4n) is 1.72. The molecule has 0 fully saturated rings. The maximum absolute atomic E-state index is 12.9. The summed E-state index contributed by atoms with van der Waals surface area (Å²) >= 11 is 0. The summed E-state index contributed by atoms with van der Waals surface area (Å²) in [6.07, 6.45) is 1.40. The van der Waals surface area contributed by atoms with Crippen molar-refractivity contribution in [1.29, 1.82) is 0 Å². The number of imidazole rings is 1. The number of anilines is 1. The van der Waals surface area contributed by atoms with Gasteiger partial charge in [0.05, 0.1) is 5.69 Å². The van der Waals surface area contributed by atoms with Crippen LogP contribution in [0.1, 0.15) is 12.7 Å². The second-order valence-electron chi connectivity index (χ2n) is 4.18. The number of hydrogen-bond acceptors (Lipinski definition) is 4. The summed E-state index contributed by atoms with van der Waals surface area (Å²) in [5.74, 6) is -0.576. The van der Waals surface area contributed by atoms with Gasteiger partial charge in [0.25, 0.3) is 10.0 Å². The predicted molar refractivity (Wildman–Crippen MR) is 71.5 cm³/mol. The molecule has 0 saturated carbocycles. The van der Waals surface area contributed by atoms with Gasteiger partial charge in [-0.25, -0.2) is 9.37 Å². The molecule has 0 saturated heterocycles. The highest BCUT2D eigenvalue weighted by Crippen LogP contribution is 2.26. The number of nitrogens with one attached hydrogen (secondary N) is 1.